The van der Waals surface area contributed by atoms with Gasteiger partial charge in [-0.2, -0.15) is 0 Å². The number of unbranched alkanes of at least 4 members (excludes halogenated alkanes) is 1. The average Bonchev–Trinajstić information content (AvgIpc) is 2.62. The largest absolute Gasteiger partial charge is 0.493 e. The average molecular weight is 267 g/mol. The van der Waals surface area contributed by atoms with E-state index in [4.69, 9.17) is 11.6 Å². The summed E-state index contributed by atoms with van der Waals surface area (Å²) < 4.78 is 1.23. The molecular weight excluding hydrogens is 252 g/mol. The molecule has 0 aliphatic rings. The fourth-order valence-corrected chi connectivity index (χ4v) is 2.04. The lowest BCUT2D eigenvalue weighted by Gasteiger charge is -2.04. The molecule has 0 aliphatic heterocycles. The van der Waals surface area contributed by atoms with Gasteiger partial charge in [0.25, 0.3) is 0 Å². The molecule has 5 heteroatoms. The van der Waals surface area contributed by atoms with Crippen molar-refractivity contribution < 1.29 is 5.11 Å². The van der Waals surface area contributed by atoms with Crippen LogP contribution in [0, 0.1) is 0 Å². The van der Waals surface area contributed by atoms with Crippen molar-refractivity contribution in [2.45, 2.75) is 26.2 Å². The zero-order valence-corrected chi connectivity index (χ0v) is 10.9. The van der Waals surface area contributed by atoms with Gasteiger partial charge in [-0.1, -0.05) is 31.0 Å². The van der Waals surface area contributed by atoms with Crippen molar-refractivity contribution in [3.63, 3.8) is 0 Å². The number of aromatic amines is 1. The van der Waals surface area contributed by atoms with Gasteiger partial charge in [-0.15, -0.1) is 0 Å². The molecule has 0 atom stereocenters. The van der Waals surface area contributed by atoms with E-state index < -0.39 is 0 Å². The quantitative estimate of drug-likeness (QED) is 0.894. The van der Waals surface area contributed by atoms with Crippen molar-refractivity contribution >= 4 is 11.6 Å². The van der Waals surface area contributed by atoms with Gasteiger partial charge in [0.2, 0.25) is 5.88 Å². The molecule has 2 rings (SSSR count). The first-order valence-corrected chi connectivity index (χ1v) is 6.30. The van der Waals surface area contributed by atoms with Crippen LogP contribution >= 0.6 is 11.6 Å². The molecule has 0 spiro atoms. The number of aromatic hydroxyl groups is 1. The summed E-state index contributed by atoms with van der Waals surface area (Å²) >= 11 is 5.88. The van der Waals surface area contributed by atoms with Crippen LogP contribution in [-0.2, 0) is 6.42 Å². The highest BCUT2D eigenvalue weighted by atomic mass is 35.5. The molecule has 18 heavy (non-hydrogen) atoms. The molecule has 4 nitrogen and oxygen atoms in total. The highest BCUT2D eigenvalue weighted by Gasteiger charge is 2.14. The van der Waals surface area contributed by atoms with Gasteiger partial charge in [0.05, 0.1) is 11.4 Å². The van der Waals surface area contributed by atoms with Crippen molar-refractivity contribution in [3.8, 4) is 11.6 Å². The van der Waals surface area contributed by atoms with Gasteiger partial charge in [0.15, 0.2) is 0 Å². The first kappa shape index (κ1) is 12.8. The molecule has 0 radical (unpaired) electrons. The van der Waals surface area contributed by atoms with E-state index in [1.807, 2.05) is 0 Å². The van der Waals surface area contributed by atoms with Gasteiger partial charge in [0.1, 0.15) is 0 Å². The molecule has 0 amide bonds. The molecule has 2 aromatic rings. The Hall–Kier alpha value is -1.68. The maximum absolute atomic E-state index is 11.8. The lowest BCUT2D eigenvalue weighted by atomic mass is 10.2. The number of halogens is 1. The van der Waals surface area contributed by atoms with Crippen LogP contribution in [0.15, 0.2) is 29.1 Å². The normalized spacial score (nSPS) is 10.8. The first-order chi connectivity index (χ1) is 8.63. The van der Waals surface area contributed by atoms with E-state index in [-0.39, 0.29) is 11.6 Å². The molecule has 0 unspecified atom stereocenters. The molecule has 0 aliphatic carbocycles. The highest BCUT2D eigenvalue weighted by Crippen LogP contribution is 2.21. The van der Waals surface area contributed by atoms with Crippen molar-refractivity contribution in [2.75, 3.05) is 0 Å². The van der Waals surface area contributed by atoms with Crippen molar-refractivity contribution in [1.82, 2.24) is 9.55 Å². The number of hydrogen-bond donors (Lipinski definition) is 2. The number of benzene rings is 1. The SMILES string of the molecule is CCCCc1[nH]c(=O)n(-c2cccc(Cl)c2)c1O. The van der Waals surface area contributed by atoms with Crippen LogP contribution in [-0.4, -0.2) is 14.7 Å². The van der Waals surface area contributed by atoms with E-state index in [9.17, 15) is 9.90 Å². The molecule has 2 N–H and O–H groups in total. The number of aryl methyl sites for hydroxylation is 1. The van der Waals surface area contributed by atoms with Gasteiger partial charge in [-0.05, 0) is 31.0 Å². The van der Waals surface area contributed by atoms with Gasteiger partial charge in [-0.3, -0.25) is 0 Å². The third-order valence-corrected chi connectivity index (χ3v) is 3.02. The molecule has 0 bridgehead atoms. The summed E-state index contributed by atoms with van der Waals surface area (Å²) in [5.41, 5.74) is 0.784. The fourth-order valence-electron chi connectivity index (χ4n) is 1.85. The van der Waals surface area contributed by atoms with Crippen LogP contribution in [0.2, 0.25) is 5.02 Å². The first-order valence-electron chi connectivity index (χ1n) is 5.92. The standard InChI is InChI=1S/C13H15ClN2O2/c1-2-3-7-11-12(17)16(13(18)15-11)10-6-4-5-9(14)8-10/h4-6,8,17H,2-3,7H2,1H3,(H,15,18). The van der Waals surface area contributed by atoms with E-state index >= 15 is 0 Å². The topological polar surface area (TPSA) is 58.0 Å². The minimum absolute atomic E-state index is 0.0317. The summed E-state index contributed by atoms with van der Waals surface area (Å²) in [6.07, 6.45) is 2.58. The number of hydrogen-bond acceptors (Lipinski definition) is 2. The van der Waals surface area contributed by atoms with Crippen molar-refractivity contribution in [3.05, 3.63) is 45.5 Å². The summed E-state index contributed by atoms with van der Waals surface area (Å²) in [4.78, 5) is 14.5. The Morgan fingerprint density at radius 3 is 2.89 bits per heavy atom. The Bertz CT molecular complexity index is 601. The number of H-pyrrole nitrogens is 1. The van der Waals surface area contributed by atoms with Crippen LogP contribution in [0.5, 0.6) is 5.88 Å². The van der Waals surface area contributed by atoms with Gasteiger partial charge >= 0.3 is 5.69 Å². The summed E-state index contributed by atoms with van der Waals surface area (Å²) in [5, 5.41) is 10.6. The Balaban J connectivity index is 2.45. The van der Waals surface area contributed by atoms with Crippen LogP contribution in [0.1, 0.15) is 25.5 Å². The second-order valence-corrected chi connectivity index (χ2v) is 4.59. The minimum atomic E-state index is -0.346. The van der Waals surface area contributed by atoms with Crippen LogP contribution in [0.4, 0.5) is 0 Å². The minimum Gasteiger partial charge on any atom is -0.493 e. The Labute approximate surface area is 110 Å². The Kier molecular flexibility index (Phi) is 3.77. The predicted octanol–water partition coefficient (Wildman–Crippen LogP) is 2.87. The smallest absolute Gasteiger partial charge is 0.333 e. The maximum atomic E-state index is 11.8. The van der Waals surface area contributed by atoms with Crippen LogP contribution in [0.25, 0.3) is 5.69 Å². The third-order valence-electron chi connectivity index (χ3n) is 2.79. The number of rotatable bonds is 4. The van der Waals surface area contributed by atoms with Crippen molar-refractivity contribution in [2.24, 2.45) is 0 Å². The lowest BCUT2D eigenvalue weighted by Crippen LogP contribution is -2.14. The number of imidazole rings is 1. The summed E-state index contributed by atoms with van der Waals surface area (Å²) in [7, 11) is 0. The summed E-state index contributed by atoms with van der Waals surface area (Å²) in [6, 6.07) is 6.82. The Morgan fingerprint density at radius 1 is 1.44 bits per heavy atom. The fraction of sp³-hybridized carbons (Fsp3) is 0.308. The van der Waals surface area contributed by atoms with Gasteiger partial charge < -0.3 is 10.1 Å². The second-order valence-electron chi connectivity index (χ2n) is 4.15. The van der Waals surface area contributed by atoms with E-state index in [0.29, 0.717) is 22.8 Å². The molecule has 0 saturated heterocycles. The summed E-state index contributed by atoms with van der Waals surface area (Å²) in [5.74, 6) is -0.0317. The number of aromatic nitrogens is 2. The van der Waals surface area contributed by atoms with E-state index in [1.54, 1.807) is 24.3 Å². The monoisotopic (exact) mass is 266 g/mol. The maximum Gasteiger partial charge on any atom is 0.333 e. The van der Waals surface area contributed by atoms with E-state index in [2.05, 4.69) is 11.9 Å². The molecule has 1 aromatic carbocycles. The van der Waals surface area contributed by atoms with E-state index in [0.717, 1.165) is 12.8 Å². The highest BCUT2D eigenvalue weighted by molar-refractivity contribution is 6.30. The zero-order valence-electron chi connectivity index (χ0n) is 10.1. The molecule has 0 fully saturated rings. The predicted molar refractivity (Wildman–Crippen MR) is 71.7 cm³/mol. The van der Waals surface area contributed by atoms with Gasteiger partial charge in [0, 0.05) is 5.02 Å². The number of nitrogens with one attached hydrogen (secondary N) is 1. The Morgan fingerprint density at radius 2 is 2.22 bits per heavy atom. The van der Waals surface area contributed by atoms with E-state index in [1.165, 1.54) is 4.57 Å². The van der Waals surface area contributed by atoms with Crippen LogP contribution < -0.4 is 5.69 Å². The lowest BCUT2D eigenvalue weighted by molar-refractivity contribution is 0.433. The van der Waals surface area contributed by atoms with Crippen LogP contribution in [0.3, 0.4) is 0 Å². The molecule has 0 saturated carbocycles. The third kappa shape index (κ3) is 2.43. The van der Waals surface area contributed by atoms with Crippen molar-refractivity contribution in [1.29, 1.82) is 0 Å². The molecule has 1 heterocycles. The molecular formula is C13H15ClN2O2. The molecule has 1 aromatic heterocycles. The molecule has 96 valence electrons. The summed E-state index contributed by atoms with van der Waals surface area (Å²) in [6.45, 7) is 2.06. The second kappa shape index (κ2) is 5.31. The van der Waals surface area contributed by atoms with Gasteiger partial charge in [-0.25, -0.2) is 9.36 Å². The zero-order chi connectivity index (χ0) is 13.1. The number of nitrogens with zero attached hydrogens (tertiary/aromatic N) is 1.